The van der Waals surface area contributed by atoms with Gasteiger partial charge in [-0.25, -0.2) is 9.89 Å². The SMILES string of the molecule is C[C@@H](OC(=O)Cc1n[nH]c(=O)c2ccccc12)C(=O)N1CCNC1=O. The first-order valence-electron chi connectivity index (χ1n) is 7.72. The number of rotatable bonds is 4. The van der Waals surface area contributed by atoms with E-state index in [0.717, 1.165) is 4.90 Å². The zero-order valence-electron chi connectivity index (χ0n) is 13.4. The van der Waals surface area contributed by atoms with Gasteiger partial charge in [-0.2, -0.15) is 5.10 Å². The van der Waals surface area contributed by atoms with E-state index in [0.29, 0.717) is 23.0 Å². The standard InChI is InChI=1S/C16H16N4O5/c1-9(15(23)20-7-6-17-16(20)24)25-13(21)8-12-10-4-2-3-5-11(10)14(22)19-18-12/h2-5,9H,6-8H2,1H3,(H,17,24)(H,19,22)/t9-/m1/s1. The molecule has 9 nitrogen and oxygen atoms in total. The van der Waals surface area contributed by atoms with E-state index >= 15 is 0 Å². The second-order valence-electron chi connectivity index (χ2n) is 5.58. The van der Waals surface area contributed by atoms with Crippen LogP contribution in [0.15, 0.2) is 29.1 Å². The molecule has 0 saturated carbocycles. The van der Waals surface area contributed by atoms with Gasteiger partial charge in [-0.3, -0.25) is 19.3 Å². The number of aromatic nitrogens is 2. The number of hydrogen-bond acceptors (Lipinski definition) is 6. The van der Waals surface area contributed by atoms with Crippen molar-refractivity contribution in [2.24, 2.45) is 0 Å². The molecule has 1 aromatic carbocycles. The summed E-state index contributed by atoms with van der Waals surface area (Å²) in [4.78, 5) is 48.5. The van der Waals surface area contributed by atoms with E-state index in [2.05, 4.69) is 15.5 Å². The summed E-state index contributed by atoms with van der Waals surface area (Å²) in [6.07, 6.45) is -1.30. The van der Waals surface area contributed by atoms with E-state index in [1.165, 1.54) is 6.92 Å². The Morgan fingerprint density at radius 3 is 2.68 bits per heavy atom. The molecule has 1 saturated heterocycles. The minimum absolute atomic E-state index is 0.207. The van der Waals surface area contributed by atoms with Gasteiger partial charge in [-0.1, -0.05) is 18.2 Å². The number of H-pyrrole nitrogens is 1. The van der Waals surface area contributed by atoms with Crippen LogP contribution in [0.5, 0.6) is 0 Å². The number of carbonyl (C=O) groups excluding carboxylic acids is 3. The number of nitrogens with zero attached hydrogens (tertiary/aromatic N) is 2. The van der Waals surface area contributed by atoms with E-state index in [-0.39, 0.29) is 18.5 Å². The van der Waals surface area contributed by atoms with Crippen LogP contribution >= 0.6 is 0 Å². The maximum atomic E-state index is 12.1. The number of aromatic amines is 1. The average molecular weight is 344 g/mol. The van der Waals surface area contributed by atoms with E-state index in [4.69, 9.17) is 4.74 Å². The molecule has 9 heteroatoms. The lowest BCUT2D eigenvalue weighted by Crippen LogP contribution is -2.42. The number of esters is 1. The monoisotopic (exact) mass is 344 g/mol. The smallest absolute Gasteiger partial charge is 0.324 e. The zero-order valence-corrected chi connectivity index (χ0v) is 13.4. The summed E-state index contributed by atoms with van der Waals surface area (Å²) in [5.41, 5.74) is -0.00456. The van der Waals surface area contributed by atoms with E-state index in [1.807, 2.05) is 0 Å². The second kappa shape index (κ2) is 6.71. The van der Waals surface area contributed by atoms with Crippen molar-refractivity contribution in [2.45, 2.75) is 19.4 Å². The van der Waals surface area contributed by atoms with Gasteiger partial charge in [0.25, 0.3) is 11.5 Å². The summed E-state index contributed by atoms with van der Waals surface area (Å²) >= 11 is 0. The molecular formula is C16H16N4O5. The molecule has 3 rings (SSSR count). The summed E-state index contributed by atoms with van der Waals surface area (Å²) < 4.78 is 5.11. The third kappa shape index (κ3) is 3.35. The number of amides is 3. The Labute approximate surface area is 142 Å². The van der Waals surface area contributed by atoms with Crippen molar-refractivity contribution in [3.63, 3.8) is 0 Å². The first-order chi connectivity index (χ1) is 12.0. The Morgan fingerprint density at radius 1 is 1.28 bits per heavy atom. The summed E-state index contributed by atoms with van der Waals surface area (Å²) in [5.74, 6) is -1.26. The Hall–Kier alpha value is -3.23. The predicted octanol–water partition coefficient (Wildman–Crippen LogP) is -0.0509. The van der Waals surface area contributed by atoms with Crippen LogP contribution in [0, 0.1) is 0 Å². The van der Waals surface area contributed by atoms with Crippen molar-refractivity contribution in [3.05, 3.63) is 40.3 Å². The molecule has 2 aromatic rings. The van der Waals surface area contributed by atoms with E-state index in [9.17, 15) is 19.2 Å². The molecule has 130 valence electrons. The Balaban J connectivity index is 1.71. The van der Waals surface area contributed by atoms with Crippen molar-refractivity contribution in [1.82, 2.24) is 20.4 Å². The molecule has 1 atom stereocenters. The highest BCUT2D eigenvalue weighted by Crippen LogP contribution is 2.14. The third-order valence-electron chi connectivity index (χ3n) is 3.87. The van der Waals surface area contributed by atoms with Crippen molar-refractivity contribution >= 4 is 28.7 Å². The quantitative estimate of drug-likeness (QED) is 0.750. The van der Waals surface area contributed by atoms with Crippen LogP contribution in [0.1, 0.15) is 12.6 Å². The number of nitrogens with one attached hydrogen (secondary N) is 2. The fourth-order valence-corrected chi connectivity index (χ4v) is 2.63. The molecule has 1 aliphatic heterocycles. The number of imide groups is 1. The molecule has 1 aromatic heterocycles. The summed E-state index contributed by atoms with van der Waals surface area (Å²) in [5, 5.41) is 9.69. The lowest BCUT2D eigenvalue weighted by Gasteiger charge is -2.18. The number of urea groups is 1. The Morgan fingerprint density at radius 2 is 2.00 bits per heavy atom. The first kappa shape index (κ1) is 16.6. The van der Waals surface area contributed by atoms with Crippen LogP contribution in [0.25, 0.3) is 10.8 Å². The van der Waals surface area contributed by atoms with E-state index < -0.39 is 24.0 Å². The van der Waals surface area contributed by atoms with Gasteiger partial charge >= 0.3 is 12.0 Å². The molecule has 2 N–H and O–H groups in total. The number of benzene rings is 1. The van der Waals surface area contributed by atoms with Gasteiger partial charge < -0.3 is 10.1 Å². The predicted molar refractivity (Wildman–Crippen MR) is 86.7 cm³/mol. The molecular weight excluding hydrogens is 328 g/mol. The highest BCUT2D eigenvalue weighted by molar-refractivity contribution is 5.98. The van der Waals surface area contributed by atoms with Gasteiger partial charge in [0.15, 0.2) is 6.10 Å². The van der Waals surface area contributed by atoms with Gasteiger partial charge in [0.1, 0.15) is 0 Å². The molecule has 3 amide bonds. The van der Waals surface area contributed by atoms with E-state index in [1.54, 1.807) is 24.3 Å². The van der Waals surface area contributed by atoms with Crippen molar-refractivity contribution in [3.8, 4) is 0 Å². The molecule has 0 bridgehead atoms. The van der Waals surface area contributed by atoms with Gasteiger partial charge in [-0.15, -0.1) is 0 Å². The molecule has 1 fully saturated rings. The number of ether oxygens (including phenoxy) is 1. The summed E-state index contributed by atoms with van der Waals surface area (Å²) in [6.45, 7) is 2.02. The fraction of sp³-hybridized carbons (Fsp3) is 0.312. The molecule has 0 spiro atoms. The maximum absolute atomic E-state index is 12.1. The van der Waals surface area contributed by atoms with Crippen LogP contribution in [-0.4, -0.2) is 52.2 Å². The molecule has 0 unspecified atom stereocenters. The maximum Gasteiger partial charge on any atom is 0.324 e. The molecule has 0 radical (unpaired) electrons. The largest absolute Gasteiger partial charge is 0.452 e. The Bertz CT molecular complexity index is 907. The minimum Gasteiger partial charge on any atom is -0.452 e. The normalized spacial score (nSPS) is 15.1. The third-order valence-corrected chi connectivity index (χ3v) is 3.87. The van der Waals surface area contributed by atoms with Crippen LogP contribution in [0.3, 0.4) is 0 Å². The summed E-state index contributed by atoms with van der Waals surface area (Å²) in [6, 6.07) is 6.26. The molecule has 0 aliphatic carbocycles. The molecule has 1 aliphatic rings. The highest BCUT2D eigenvalue weighted by atomic mass is 16.5. The Kier molecular flexibility index (Phi) is 4.46. The minimum atomic E-state index is -1.09. The lowest BCUT2D eigenvalue weighted by molar-refractivity contribution is -0.156. The van der Waals surface area contributed by atoms with Crippen LogP contribution in [-0.2, 0) is 20.7 Å². The highest BCUT2D eigenvalue weighted by Gasteiger charge is 2.31. The van der Waals surface area contributed by atoms with Gasteiger partial charge in [0.05, 0.1) is 17.5 Å². The summed E-state index contributed by atoms with van der Waals surface area (Å²) in [7, 11) is 0. The van der Waals surface area contributed by atoms with Crippen LogP contribution < -0.4 is 10.9 Å². The zero-order chi connectivity index (χ0) is 18.0. The molecule has 2 heterocycles. The first-order valence-corrected chi connectivity index (χ1v) is 7.72. The number of carbonyl (C=O) groups is 3. The molecule has 25 heavy (non-hydrogen) atoms. The van der Waals surface area contributed by atoms with Crippen LogP contribution in [0.2, 0.25) is 0 Å². The fourth-order valence-electron chi connectivity index (χ4n) is 2.63. The van der Waals surface area contributed by atoms with Gasteiger partial charge in [0.2, 0.25) is 0 Å². The number of fused-ring (bicyclic) bond motifs is 1. The van der Waals surface area contributed by atoms with Crippen molar-refractivity contribution in [1.29, 1.82) is 0 Å². The van der Waals surface area contributed by atoms with Crippen LogP contribution in [0.4, 0.5) is 4.79 Å². The van der Waals surface area contributed by atoms with Gasteiger partial charge in [0, 0.05) is 18.5 Å². The van der Waals surface area contributed by atoms with Crippen molar-refractivity contribution < 1.29 is 19.1 Å². The topological polar surface area (TPSA) is 121 Å². The van der Waals surface area contributed by atoms with Crippen molar-refractivity contribution in [2.75, 3.05) is 13.1 Å². The number of hydrogen-bond donors (Lipinski definition) is 2. The van der Waals surface area contributed by atoms with Gasteiger partial charge in [-0.05, 0) is 13.0 Å². The second-order valence-corrected chi connectivity index (χ2v) is 5.58. The average Bonchev–Trinajstić information content (AvgIpc) is 3.03. The lowest BCUT2D eigenvalue weighted by atomic mass is 10.1.